The molecule has 1 amide bonds. The predicted octanol–water partition coefficient (Wildman–Crippen LogP) is 4.18. The lowest BCUT2D eigenvalue weighted by molar-refractivity contribution is -0.134. The fourth-order valence-corrected chi connectivity index (χ4v) is 5.84. The molecule has 4 heterocycles. The highest BCUT2D eigenvalue weighted by Gasteiger charge is 2.32. The van der Waals surface area contributed by atoms with Crippen molar-refractivity contribution in [1.29, 1.82) is 0 Å². The van der Waals surface area contributed by atoms with Gasteiger partial charge < -0.3 is 9.64 Å². The highest BCUT2D eigenvalue weighted by atomic mass is 35.5. The molecule has 0 saturated carbocycles. The maximum atomic E-state index is 13.0. The third-order valence-electron chi connectivity index (χ3n) is 5.25. The maximum absolute atomic E-state index is 13.0. The molecule has 0 aromatic carbocycles. The van der Waals surface area contributed by atoms with Crippen LogP contribution in [0.25, 0.3) is 17.0 Å². The summed E-state index contributed by atoms with van der Waals surface area (Å²) in [5.74, 6) is -0.355. The highest BCUT2D eigenvalue weighted by Crippen LogP contribution is 2.25. The summed E-state index contributed by atoms with van der Waals surface area (Å²) >= 11 is 7.15. The molecular formula is C23H25ClN4O5S2. The van der Waals surface area contributed by atoms with Crippen LogP contribution in [-0.2, 0) is 26.1 Å². The zero-order valence-corrected chi connectivity index (χ0v) is 21.9. The van der Waals surface area contributed by atoms with Gasteiger partial charge in [0, 0.05) is 46.8 Å². The van der Waals surface area contributed by atoms with Crippen molar-refractivity contribution in [3.8, 4) is 0 Å². The van der Waals surface area contributed by atoms with Crippen LogP contribution in [0, 0.1) is 0 Å². The zero-order valence-electron chi connectivity index (χ0n) is 19.5. The number of carbonyl (C=O) groups is 2. The molecule has 35 heavy (non-hydrogen) atoms. The van der Waals surface area contributed by atoms with E-state index in [-0.39, 0.29) is 32.1 Å². The third-order valence-corrected chi connectivity index (χ3v) is 7.96. The number of carbonyl (C=O) groups excluding carboxylic acids is 2. The molecule has 0 spiro atoms. The molecule has 4 rings (SSSR count). The number of hydrogen-bond donors (Lipinski definition) is 0. The van der Waals surface area contributed by atoms with Crippen LogP contribution in [0.2, 0.25) is 4.34 Å². The molecule has 3 aromatic heterocycles. The van der Waals surface area contributed by atoms with E-state index in [2.05, 4.69) is 4.98 Å². The molecule has 1 saturated heterocycles. The van der Waals surface area contributed by atoms with E-state index < -0.39 is 21.7 Å². The van der Waals surface area contributed by atoms with Crippen LogP contribution in [0.3, 0.4) is 0 Å². The minimum absolute atomic E-state index is 0.129. The quantitative estimate of drug-likeness (QED) is 0.485. The van der Waals surface area contributed by atoms with E-state index in [0.717, 1.165) is 15.1 Å². The summed E-state index contributed by atoms with van der Waals surface area (Å²) in [5.41, 5.74) is 0.480. The lowest BCUT2D eigenvalue weighted by Crippen LogP contribution is -2.51. The van der Waals surface area contributed by atoms with E-state index in [1.54, 1.807) is 57.4 Å². The second kappa shape index (κ2) is 9.73. The normalized spacial score (nSPS) is 15.9. The first-order valence-corrected chi connectivity index (χ1v) is 13.5. The van der Waals surface area contributed by atoms with Gasteiger partial charge in [-0.2, -0.15) is 4.31 Å². The van der Waals surface area contributed by atoms with Crippen molar-refractivity contribution < 1.29 is 22.7 Å². The molecule has 0 bridgehead atoms. The van der Waals surface area contributed by atoms with Gasteiger partial charge >= 0.3 is 6.09 Å². The minimum atomic E-state index is -3.78. The van der Waals surface area contributed by atoms with Crippen LogP contribution in [0.15, 0.2) is 42.1 Å². The van der Waals surface area contributed by atoms with Crippen molar-refractivity contribution >= 4 is 61.9 Å². The summed E-state index contributed by atoms with van der Waals surface area (Å²) in [4.78, 5) is 32.2. The molecule has 0 N–H and O–H groups in total. The van der Waals surface area contributed by atoms with Gasteiger partial charge in [-0.3, -0.25) is 9.78 Å². The molecule has 1 aliphatic rings. The molecule has 0 atom stereocenters. The van der Waals surface area contributed by atoms with Crippen LogP contribution in [-0.4, -0.2) is 64.4 Å². The number of pyridine rings is 1. The summed E-state index contributed by atoms with van der Waals surface area (Å²) in [6, 6.07) is 6.91. The summed E-state index contributed by atoms with van der Waals surface area (Å²) in [5, 5.41) is 1.83. The number of amides is 1. The second-order valence-corrected chi connectivity index (χ2v) is 12.6. The zero-order chi connectivity index (χ0) is 25.4. The molecule has 0 unspecified atom stereocenters. The van der Waals surface area contributed by atoms with E-state index in [0.29, 0.717) is 20.4 Å². The fraction of sp³-hybridized carbons (Fsp3) is 0.348. The number of rotatable bonds is 5. The Morgan fingerprint density at radius 2 is 2.03 bits per heavy atom. The molecule has 186 valence electrons. The Morgan fingerprint density at radius 1 is 1.26 bits per heavy atom. The number of piperazine rings is 1. The number of halogens is 1. The number of sulfonamides is 1. The Hall–Kier alpha value is -2.73. The topological polar surface area (TPSA) is 102 Å². The van der Waals surface area contributed by atoms with Gasteiger partial charge in [-0.1, -0.05) is 11.6 Å². The van der Waals surface area contributed by atoms with Crippen molar-refractivity contribution in [2.75, 3.05) is 19.6 Å². The van der Waals surface area contributed by atoms with Gasteiger partial charge in [0.05, 0.1) is 22.9 Å². The minimum Gasteiger partial charge on any atom is -0.443 e. The van der Waals surface area contributed by atoms with Gasteiger partial charge in [0.25, 0.3) is 0 Å². The standard InChI is InChI=1S/C23H25ClN4O5S2/c1-23(2,3)33-22(30)28-17(12-16-13-25-8-6-19(16)28)14-26-9-10-27(15-21(26)29)35(31,32)11-7-18-4-5-20(24)34-18/h4-8,11-13H,9-10,14-15H2,1-3H3. The summed E-state index contributed by atoms with van der Waals surface area (Å²) in [6.07, 6.45) is 4.13. The van der Waals surface area contributed by atoms with E-state index in [4.69, 9.17) is 16.3 Å². The molecule has 12 heteroatoms. The first kappa shape index (κ1) is 25.4. The predicted molar refractivity (Wildman–Crippen MR) is 136 cm³/mol. The number of thiophene rings is 1. The Labute approximate surface area is 212 Å². The van der Waals surface area contributed by atoms with Crippen molar-refractivity contribution in [2.24, 2.45) is 0 Å². The Bertz CT molecular complexity index is 1400. The van der Waals surface area contributed by atoms with Crippen molar-refractivity contribution in [3.63, 3.8) is 0 Å². The van der Waals surface area contributed by atoms with Crippen LogP contribution >= 0.6 is 22.9 Å². The van der Waals surface area contributed by atoms with E-state index in [9.17, 15) is 18.0 Å². The van der Waals surface area contributed by atoms with Gasteiger partial charge in [0.2, 0.25) is 15.9 Å². The largest absolute Gasteiger partial charge is 0.443 e. The summed E-state index contributed by atoms with van der Waals surface area (Å²) in [6.45, 7) is 5.51. The first-order valence-electron chi connectivity index (χ1n) is 10.8. The van der Waals surface area contributed by atoms with Crippen LogP contribution in [0.4, 0.5) is 4.79 Å². The van der Waals surface area contributed by atoms with E-state index >= 15 is 0 Å². The van der Waals surface area contributed by atoms with E-state index in [1.165, 1.54) is 26.9 Å². The number of hydrogen-bond acceptors (Lipinski definition) is 7. The van der Waals surface area contributed by atoms with Crippen LogP contribution in [0.5, 0.6) is 0 Å². The maximum Gasteiger partial charge on any atom is 0.419 e. The number of fused-ring (bicyclic) bond motifs is 1. The smallest absolute Gasteiger partial charge is 0.419 e. The molecule has 0 aliphatic carbocycles. The third kappa shape index (κ3) is 5.92. The number of nitrogens with zero attached hydrogens (tertiary/aromatic N) is 4. The molecule has 3 aromatic rings. The Balaban J connectivity index is 1.51. The van der Waals surface area contributed by atoms with Crippen LogP contribution < -0.4 is 0 Å². The molecule has 9 nitrogen and oxygen atoms in total. The molecule has 1 fully saturated rings. The molecule has 1 aliphatic heterocycles. The average Bonchev–Trinajstić information content (AvgIpc) is 3.35. The SMILES string of the molecule is CC(C)(C)OC(=O)n1c(CN2CCN(S(=O)(=O)C=Cc3ccc(Cl)s3)CC2=O)cc2cnccc21. The molecular weight excluding hydrogens is 512 g/mol. The first-order chi connectivity index (χ1) is 16.4. The van der Waals surface area contributed by atoms with Crippen molar-refractivity contribution in [1.82, 2.24) is 18.8 Å². The van der Waals surface area contributed by atoms with Gasteiger partial charge in [-0.05, 0) is 51.1 Å². The lowest BCUT2D eigenvalue weighted by atomic mass is 10.2. The Morgan fingerprint density at radius 3 is 2.69 bits per heavy atom. The average molecular weight is 537 g/mol. The monoisotopic (exact) mass is 536 g/mol. The van der Waals surface area contributed by atoms with Gasteiger partial charge in [0.15, 0.2) is 0 Å². The van der Waals surface area contributed by atoms with E-state index in [1.807, 2.05) is 0 Å². The van der Waals surface area contributed by atoms with Crippen LogP contribution in [0.1, 0.15) is 31.3 Å². The fourth-order valence-electron chi connectivity index (χ4n) is 3.68. The van der Waals surface area contributed by atoms with Gasteiger partial charge in [-0.25, -0.2) is 17.8 Å². The second-order valence-electron chi connectivity index (χ2n) is 9.02. The van der Waals surface area contributed by atoms with Crippen molar-refractivity contribution in [3.05, 3.63) is 57.0 Å². The number of aromatic nitrogens is 2. The van der Waals surface area contributed by atoms with Gasteiger partial charge in [0.1, 0.15) is 5.60 Å². The molecule has 0 radical (unpaired) electrons. The van der Waals surface area contributed by atoms with Gasteiger partial charge in [-0.15, -0.1) is 11.3 Å². The van der Waals surface area contributed by atoms with Crippen molar-refractivity contribution in [2.45, 2.75) is 32.9 Å². The summed E-state index contributed by atoms with van der Waals surface area (Å²) < 4.78 is 34.2. The summed E-state index contributed by atoms with van der Waals surface area (Å²) in [7, 11) is -3.78. The Kier molecular flexibility index (Phi) is 7.05. The number of ether oxygens (including phenoxy) is 1. The lowest BCUT2D eigenvalue weighted by Gasteiger charge is -2.33. The highest BCUT2D eigenvalue weighted by molar-refractivity contribution is 7.92.